The first-order valence-electron chi connectivity index (χ1n) is 14.2. The van der Waals surface area contributed by atoms with E-state index in [2.05, 4.69) is 9.97 Å². The van der Waals surface area contributed by atoms with E-state index in [9.17, 15) is 10.2 Å². The highest BCUT2D eigenvalue weighted by Gasteiger charge is 2.15. The molecule has 1 aromatic heterocycles. The van der Waals surface area contributed by atoms with Gasteiger partial charge >= 0.3 is 0 Å². The van der Waals surface area contributed by atoms with Crippen LogP contribution in [0.15, 0.2) is 91.1 Å². The predicted octanol–water partition coefficient (Wildman–Crippen LogP) is 6.00. The van der Waals surface area contributed by atoms with Crippen LogP contribution in [0, 0.1) is 0 Å². The third-order valence-electron chi connectivity index (χ3n) is 7.27. The van der Waals surface area contributed by atoms with Gasteiger partial charge in [-0.3, -0.25) is 0 Å². The number of aliphatic hydroxyl groups is 2. The monoisotopic (exact) mass is 612 g/mol. The first-order valence-corrected chi connectivity index (χ1v) is 14.2. The second-order valence-corrected chi connectivity index (χ2v) is 10.1. The van der Waals surface area contributed by atoms with Gasteiger partial charge in [-0.1, -0.05) is 12.1 Å². The number of nitrogens with one attached hydrogen (secondary N) is 1. The zero-order valence-electron chi connectivity index (χ0n) is 25.5. The van der Waals surface area contributed by atoms with Gasteiger partial charge in [-0.25, -0.2) is 4.98 Å². The van der Waals surface area contributed by atoms with Crippen LogP contribution >= 0.6 is 0 Å². The zero-order chi connectivity index (χ0) is 31.8. The molecule has 2 atom stereocenters. The predicted molar refractivity (Wildman–Crippen MR) is 169 cm³/mol. The lowest BCUT2D eigenvalue weighted by molar-refractivity contribution is 0.108. The lowest BCUT2D eigenvalue weighted by Gasteiger charge is -2.15. The molecule has 0 amide bonds. The summed E-state index contributed by atoms with van der Waals surface area (Å²) < 4.78 is 32.8. The topological polar surface area (TPSA) is 125 Å². The second-order valence-electron chi connectivity index (χ2n) is 10.1. The van der Waals surface area contributed by atoms with Crippen LogP contribution in [0.3, 0.4) is 0 Å². The Labute approximate surface area is 261 Å². The maximum Gasteiger partial charge on any atom is 0.161 e. The van der Waals surface area contributed by atoms with Gasteiger partial charge in [-0.2, -0.15) is 0 Å². The van der Waals surface area contributed by atoms with Crippen molar-refractivity contribution in [2.45, 2.75) is 12.2 Å². The van der Waals surface area contributed by atoms with Crippen molar-refractivity contribution in [3.05, 3.63) is 102 Å². The fraction of sp³-hybridized carbons (Fsp3) is 0.229. The highest BCUT2D eigenvalue weighted by atomic mass is 16.5. The largest absolute Gasteiger partial charge is 0.493 e. The summed E-state index contributed by atoms with van der Waals surface area (Å²) in [5, 5.41) is 21.2. The number of imidazole rings is 1. The van der Waals surface area contributed by atoms with Crippen LogP contribution in [0.25, 0.3) is 22.6 Å². The number of nitrogens with zero attached hydrogens (tertiary/aromatic N) is 1. The Morgan fingerprint density at radius 3 is 1.47 bits per heavy atom. The molecule has 234 valence electrons. The summed E-state index contributed by atoms with van der Waals surface area (Å²) in [6.45, 7) is 0.159. The Bertz CT molecular complexity index is 1560. The molecule has 4 aromatic carbocycles. The Kier molecular flexibility index (Phi) is 10.1. The first kappa shape index (κ1) is 31.2. The third-order valence-corrected chi connectivity index (χ3v) is 7.27. The van der Waals surface area contributed by atoms with Crippen LogP contribution in [0.4, 0.5) is 0 Å². The van der Waals surface area contributed by atoms with E-state index in [0.29, 0.717) is 51.4 Å². The van der Waals surface area contributed by atoms with Crippen molar-refractivity contribution in [2.24, 2.45) is 0 Å². The maximum atomic E-state index is 10.6. The maximum absolute atomic E-state index is 10.6. The summed E-state index contributed by atoms with van der Waals surface area (Å²) in [5.74, 6) is 4.24. The number of ether oxygens (including phenoxy) is 6. The van der Waals surface area contributed by atoms with Gasteiger partial charge < -0.3 is 43.6 Å². The minimum absolute atomic E-state index is 0.0780. The van der Waals surface area contributed by atoms with E-state index < -0.39 is 12.2 Å². The van der Waals surface area contributed by atoms with Gasteiger partial charge in [0.2, 0.25) is 0 Å². The molecule has 0 bridgehead atoms. The van der Waals surface area contributed by atoms with Gasteiger partial charge in [-0.05, 0) is 89.5 Å². The van der Waals surface area contributed by atoms with E-state index in [1.165, 1.54) is 0 Å². The van der Waals surface area contributed by atoms with E-state index in [0.717, 1.165) is 16.8 Å². The molecule has 0 saturated carbocycles. The zero-order valence-corrected chi connectivity index (χ0v) is 25.5. The van der Waals surface area contributed by atoms with Crippen molar-refractivity contribution in [3.8, 4) is 57.1 Å². The molecular weight excluding hydrogens is 576 g/mol. The molecule has 0 aliphatic carbocycles. The number of aromatic amines is 1. The van der Waals surface area contributed by atoms with Crippen molar-refractivity contribution in [1.29, 1.82) is 0 Å². The first-order chi connectivity index (χ1) is 21.9. The number of benzene rings is 4. The van der Waals surface area contributed by atoms with Crippen molar-refractivity contribution in [3.63, 3.8) is 0 Å². The molecule has 1 heterocycles. The van der Waals surface area contributed by atoms with Crippen LogP contribution in [-0.2, 0) is 0 Å². The Morgan fingerprint density at radius 2 is 1.02 bits per heavy atom. The number of aromatic nitrogens is 2. The third kappa shape index (κ3) is 7.49. The minimum Gasteiger partial charge on any atom is -0.493 e. The van der Waals surface area contributed by atoms with Gasteiger partial charge in [0, 0.05) is 5.56 Å². The fourth-order valence-corrected chi connectivity index (χ4v) is 4.72. The standard InChI is InChI=1S/C35H36N2O8/c1-40-31-15-9-24(17-33(31)42-3)29(38)20-44-26-11-5-22(6-12-26)28-19-36-35(37-28)23-7-13-27(14-8-23)45-21-30(39)25-10-16-32(41-2)34(18-25)43-4/h5-19,29-30,38-39H,20-21H2,1-4H3,(H,36,37). The molecule has 5 rings (SSSR count). The van der Waals surface area contributed by atoms with Crippen molar-refractivity contribution < 1.29 is 38.6 Å². The average Bonchev–Trinajstić information content (AvgIpc) is 3.59. The summed E-state index contributed by atoms with van der Waals surface area (Å²) in [4.78, 5) is 7.89. The van der Waals surface area contributed by atoms with Crippen molar-refractivity contribution in [2.75, 3.05) is 41.7 Å². The van der Waals surface area contributed by atoms with Gasteiger partial charge in [0.1, 0.15) is 42.7 Å². The number of aliphatic hydroxyl groups excluding tert-OH is 2. The molecule has 2 unspecified atom stereocenters. The molecule has 0 radical (unpaired) electrons. The summed E-state index contributed by atoms with van der Waals surface area (Å²) in [5.41, 5.74) is 4.00. The number of rotatable bonds is 14. The molecule has 0 aliphatic heterocycles. The number of hydrogen-bond acceptors (Lipinski definition) is 9. The van der Waals surface area contributed by atoms with E-state index in [-0.39, 0.29) is 13.2 Å². The molecule has 0 saturated heterocycles. The quantitative estimate of drug-likeness (QED) is 0.138. The minimum atomic E-state index is -0.837. The van der Waals surface area contributed by atoms with Gasteiger partial charge in [0.05, 0.1) is 40.3 Å². The van der Waals surface area contributed by atoms with Crippen LogP contribution in [-0.4, -0.2) is 61.8 Å². The highest BCUT2D eigenvalue weighted by molar-refractivity contribution is 5.65. The number of H-pyrrole nitrogens is 1. The van der Waals surface area contributed by atoms with Gasteiger partial charge in [-0.15, -0.1) is 0 Å². The van der Waals surface area contributed by atoms with Crippen molar-refractivity contribution >= 4 is 0 Å². The summed E-state index contributed by atoms with van der Waals surface area (Å²) in [6, 6.07) is 25.6. The van der Waals surface area contributed by atoms with Gasteiger partial charge in [0.25, 0.3) is 0 Å². The van der Waals surface area contributed by atoms with E-state index >= 15 is 0 Å². The normalized spacial score (nSPS) is 12.2. The van der Waals surface area contributed by atoms with E-state index in [4.69, 9.17) is 28.4 Å². The van der Waals surface area contributed by atoms with Gasteiger partial charge in [0.15, 0.2) is 23.0 Å². The summed E-state index contributed by atoms with van der Waals surface area (Å²) >= 11 is 0. The second kappa shape index (κ2) is 14.5. The smallest absolute Gasteiger partial charge is 0.161 e. The van der Waals surface area contributed by atoms with E-state index in [1.807, 2.05) is 48.5 Å². The number of methoxy groups -OCH3 is 4. The average molecular weight is 613 g/mol. The molecular formula is C35H36N2O8. The Balaban J connectivity index is 1.15. The molecule has 10 heteroatoms. The SMILES string of the molecule is COc1ccc(C(O)COc2ccc(-c3cnc(-c4ccc(OCC(O)c5ccc(OC)c(OC)c5)cc4)[nH]3)cc2)cc1OC. The molecule has 0 spiro atoms. The van der Waals surface area contributed by atoms with Crippen LogP contribution in [0.1, 0.15) is 23.3 Å². The highest BCUT2D eigenvalue weighted by Crippen LogP contribution is 2.32. The molecule has 10 nitrogen and oxygen atoms in total. The molecule has 5 aromatic rings. The Morgan fingerprint density at radius 1 is 0.578 bits per heavy atom. The Hall–Kier alpha value is -5.19. The fourth-order valence-electron chi connectivity index (χ4n) is 4.72. The summed E-state index contributed by atoms with van der Waals surface area (Å²) in [6.07, 6.45) is 0.103. The number of hydrogen-bond donors (Lipinski definition) is 3. The van der Waals surface area contributed by atoms with Crippen LogP contribution in [0.5, 0.6) is 34.5 Å². The molecule has 3 N–H and O–H groups in total. The molecule has 0 aliphatic rings. The lowest BCUT2D eigenvalue weighted by atomic mass is 10.1. The van der Waals surface area contributed by atoms with Crippen LogP contribution in [0.2, 0.25) is 0 Å². The summed E-state index contributed by atoms with van der Waals surface area (Å²) in [7, 11) is 6.24. The molecule has 45 heavy (non-hydrogen) atoms. The van der Waals surface area contributed by atoms with Crippen LogP contribution < -0.4 is 28.4 Å². The molecule has 0 fully saturated rings. The van der Waals surface area contributed by atoms with Crippen molar-refractivity contribution in [1.82, 2.24) is 9.97 Å². The van der Waals surface area contributed by atoms with E-state index in [1.54, 1.807) is 71.0 Å². The lowest BCUT2D eigenvalue weighted by Crippen LogP contribution is -2.10.